The van der Waals surface area contributed by atoms with Gasteiger partial charge in [0.1, 0.15) is 5.75 Å². The number of alkyl halides is 3. The third-order valence-electron chi connectivity index (χ3n) is 7.36. The van der Waals surface area contributed by atoms with E-state index in [9.17, 15) is 18.3 Å². The van der Waals surface area contributed by atoms with Gasteiger partial charge in [0.25, 0.3) is 0 Å². The van der Waals surface area contributed by atoms with Crippen LogP contribution in [0.15, 0.2) is 60.3 Å². The highest BCUT2D eigenvalue weighted by molar-refractivity contribution is 5.61. The smallest absolute Gasteiger partial charge is 0.406 e. The average Bonchev–Trinajstić information content (AvgIpc) is 3.18. The predicted molar refractivity (Wildman–Crippen MR) is 124 cm³/mol. The number of aliphatic hydroxyl groups excluding tert-OH is 1. The molecule has 0 saturated heterocycles. The van der Waals surface area contributed by atoms with Crippen LogP contribution in [0.25, 0.3) is 11.8 Å². The number of ether oxygens (including phenoxy) is 1. The van der Waals surface area contributed by atoms with E-state index in [1.165, 1.54) is 29.3 Å². The number of hydrogen-bond donors (Lipinski definition) is 1. The molecule has 2 aromatic carbocycles. The Balaban J connectivity index is 1.46. The van der Waals surface area contributed by atoms with Crippen LogP contribution in [-0.4, -0.2) is 21.2 Å². The minimum absolute atomic E-state index is 0.135. The molecular formula is C27H27F3N2O2. The molecule has 34 heavy (non-hydrogen) atoms. The maximum Gasteiger partial charge on any atom is 0.573 e. The number of aromatic nitrogens is 2. The molecule has 1 N–H and O–H groups in total. The Kier molecular flexibility index (Phi) is 5.55. The van der Waals surface area contributed by atoms with Crippen molar-refractivity contribution in [2.24, 2.45) is 11.3 Å². The van der Waals surface area contributed by atoms with Crippen molar-refractivity contribution >= 4 is 6.08 Å². The van der Waals surface area contributed by atoms with E-state index >= 15 is 0 Å². The second-order valence-corrected chi connectivity index (χ2v) is 9.63. The molecule has 7 heteroatoms. The van der Waals surface area contributed by atoms with Gasteiger partial charge in [-0.2, -0.15) is 5.10 Å². The molecule has 1 saturated carbocycles. The molecule has 1 heterocycles. The molecule has 0 spiro atoms. The molecule has 2 aliphatic rings. The van der Waals surface area contributed by atoms with Crippen molar-refractivity contribution in [1.82, 2.24) is 9.78 Å². The Labute approximate surface area is 196 Å². The zero-order valence-electron chi connectivity index (χ0n) is 19.1. The normalized spacial score (nSPS) is 23.0. The highest BCUT2D eigenvalue weighted by Gasteiger charge is 2.46. The molecule has 3 unspecified atom stereocenters. The summed E-state index contributed by atoms with van der Waals surface area (Å²) in [5, 5.41) is 16.0. The summed E-state index contributed by atoms with van der Waals surface area (Å²) in [7, 11) is 0. The molecule has 2 aliphatic carbocycles. The maximum atomic E-state index is 12.7. The van der Waals surface area contributed by atoms with Crippen LogP contribution in [0.1, 0.15) is 54.7 Å². The molecule has 1 fully saturated rings. The summed E-state index contributed by atoms with van der Waals surface area (Å²) in [6, 6.07) is 13.9. The quantitative estimate of drug-likeness (QED) is 0.472. The lowest BCUT2D eigenvalue weighted by atomic mass is 9.57. The molecule has 0 radical (unpaired) electrons. The molecule has 1 aromatic heterocycles. The predicted octanol–water partition coefficient (Wildman–Crippen LogP) is 6.56. The van der Waals surface area contributed by atoms with Crippen molar-refractivity contribution in [3.05, 3.63) is 82.7 Å². The first-order valence-corrected chi connectivity index (χ1v) is 11.5. The number of rotatable bonds is 4. The molecule has 4 nitrogen and oxygen atoms in total. The fourth-order valence-electron chi connectivity index (χ4n) is 5.60. The number of fused-ring (bicyclic) bond motifs is 2. The fraction of sp³-hybridized carbons (Fsp3) is 0.370. The Hall–Kier alpha value is -3.06. The van der Waals surface area contributed by atoms with Crippen molar-refractivity contribution in [3.8, 4) is 11.4 Å². The fourth-order valence-corrected chi connectivity index (χ4v) is 5.60. The van der Waals surface area contributed by atoms with Gasteiger partial charge in [-0.05, 0) is 85.4 Å². The molecule has 3 aromatic rings. The van der Waals surface area contributed by atoms with Crippen molar-refractivity contribution < 1.29 is 23.0 Å². The summed E-state index contributed by atoms with van der Waals surface area (Å²) in [6.07, 6.45) is 1.77. The van der Waals surface area contributed by atoms with Gasteiger partial charge < -0.3 is 9.84 Å². The average molecular weight is 469 g/mol. The first-order chi connectivity index (χ1) is 16.1. The molecule has 0 amide bonds. The van der Waals surface area contributed by atoms with E-state index in [0.29, 0.717) is 5.56 Å². The monoisotopic (exact) mass is 468 g/mol. The van der Waals surface area contributed by atoms with E-state index in [4.69, 9.17) is 0 Å². The summed E-state index contributed by atoms with van der Waals surface area (Å²) in [4.78, 5) is 0. The number of nitrogens with zero attached hydrogens (tertiary/aromatic N) is 2. The molecular weight excluding hydrogens is 441 g/mol. The zero-order chi connectivity index (χ0) is 24.1. The van der Waals surface area contributed by atoms with Crippen LogP contribution in [0.5, 0.6) is 5.75 Å². The Morgan fingerprint density at radius 3 is 2.68 bits per heavy atom. The standard InChI is InChI=1S/C27H27F3N2O2/c1-17-9-11-21(12-10-17)32-24-14-20-6-4-8-23(26(20,2)15-19(24)16-31-32)25(33)18-5-3-7-22(13-18)34-27(28,29)30/h3,5,7,9-14,16,23,25,33H,4,6,8,15H2,1-2H3. The van der Waals surface area contributed by atoms with Gasteiger partial charge in [-0.15, -0.1) is 13.2 Å². The summed E-state index contributed by atoms with van der Waals surface area (Å²) in [5.74, 6) is -0.449. The molecule has 5 rings (SSSR count). The molecule has 3 atom stereocenters. The minimum atomic E-state index is -4.77. The summed E-state index contributed by atoms with van der Waals surface area (Å²) in [6.45, 7) is 4.21. The minimum Gasteiger partial charge on any atom is -0.406 e. The van der Waals surface area contributed by atoms with Crippen LogP contribution in [-0.2, 0) is 6.42 Å². The summed E-state index contributed by atoms with van der Waals surface area (Å²) >= 11 is 0. The number of aliphatic hydroxyl groups is 1. The van der Waals surface area contributed by atoms with E-state index < -0.39 is 12.5 Å². The third kappa shape index (κ3) is 4.13. The lowest BCUT2D eigenvalue weighted by molar-refractivity contribution is -0.274. The van der Waals surface area contributed by atoms with Crippen LogP contribution in [0.4, 0.5) is 13.2 Å². The van der Waals surface area contributed by atoms with Gasteiger partial charge in [-0.25, -0.2) is 4.68 Å². The number of aryl methyl sites for hydroxylation is 1. The van der Waals surface area contributed by atoms with Crippen LogP contribution in [0.2, 0.25) is 0 Å². The van der Waals surface area contributed by atoms with Gasteiger partial charge >= 0.3 is 6.36 Å². The van der Waals surface area contributed by atoms with E-state index in [1.807, 2.05) is 17.8 Å². The second kappa shape index (κ2) is 8.31. The first-order valence-electron chi connectivity index (χ1n) is 11.5. The third-order valence-corrected chi connectivity index (χ3v) is 7.36. The van der Waals surface area contributed by atoms with Crippen LogP contribution in [0, 0.1) is 18.3 Å². The van der Waals surface area contributed by atoms with Gasteiger partial charge in [0, 0.05) is 0 Å². The van der Waals surface area contributed by atoms with E-state index in [1.54, 1.807) is 6.07 Å². The molecule has 178 valence electrons. The summed E-state index contributed by atoms with van der Waals surface area (Å²) < 4.78 is 44.1. The Morgan fingerprint density at radius 2 is 1.94 bits per heavy atom. The largest absolute Gasteiger partial charge is 0.573 e. The highest BCUT2D eigenvalue weighted by Crippen LogP contribution is 2.55. The number of benzene rings is 2. The van der Waals surface area contributed by atoms with Crippen molar-refractivity contribution in [2.75, 3.05) is 0 Å². The number of hydrogen-bond acceptors (Lipinski definition) is 3. The van der Waals surface area contributed by atoms with Crippen molar-refractivity contribution in [2.45, 2.75) is 52.0 Å². The number of allylic oxidation sites excluding steroid dienone is 1. The second-order valence-electron chi connectivity index (χ2n) is 9.63. The Morgan fingerprint density at radius 1 is 1.18 bits per heavy atom. The van der Waals surface area contributed by atoms with E-state index in [0.717, 1.165) is 42.6 Å². The molecule has 0 aliphatic heterocycles. The summed E-state index contributed by atoms with van der Waals surface area (Å²) in [5.41, 5.74) is 5.74. The zero-order valence-corrected chi connectivity index (χ0v) is 19.1. The maximum absolute atomic E-state index is 12.7. The van der Waals surface area contributed by atoms with E-state index in [2.05, 4.69) is 47.1 Å². The lowest BCUT2D eigenvalue weighted by Gasteiger charge is -2.47. The van der Waals surface area contributed by atoms with Crippen molar-refractivity contribution in [3.63, 3.8) is 0 Å². The van der Waals surface area contributed by atoms with Crippen LogP contribution < -0.4 is 4.74 Å². The van der Waals surface area contributed by atoms with Crippen LogP contribution in [0.3, 0.4) is 0 Å². The lowest BCUT2D eigenvalue weighted by Crippen LogP contribution is -2.40. The van der Waals surface area contributed by atoms with Gasteiger partial charge in [0.15, 0.2) is 0 Å². The number of halogens is 3. The van der Waals surface area contributed by atoms with Gasteiger partial charge in [-0.3, -0.25) is 0 Å². The van der Waals surface area contributed by atoms with Crippen LogP contribution >= 0.6 is 0 Å². The first kappa shape index (κ1) is 22.7. The van der Waals surface area contributed by atoms with Gasteiger partial charge in [0.2, 0.25) is 0 Å². The van der Waals surface area contributed by atoms with Crippen molar-refractivity contribution in [1.29, 1.82) is 0 Å². The van der Waals surface area contributed by atoms with E-state index in [-0.39, 0.29) is 17.1 Å². The Bertz CT molecular complexity index is 1230. The molecule has 0 bridgehead atoms. The highest BCUT2D eigenvalue weighted by atomic mass is 19.4. The SMILES string of the molecule is Cc1ccc(-n2ncc3c2C=C2CCCC(C(O)c4cccc(OC(F)(F)F)c4)C2(C)C3)cc1. The van der Waals surface area contributed by atoms with Gasteiger partial charge in [-0.1, -0.05) is 42.3 Å². The topological polar surface area (TPSA) is 47.3 Å². The van der Waals surface area contributed by atoms with Gasteiger partial charge in [0.05, 0.1) is 23.7 Å².